The van der Waals surface area contributed by atoms with Crippen molar-refractivity contribution in [2.75, 3.05) is 6.61 Å². The van der Waals surface area contributed by atoms with Crippen LogP contribution in [0.4, 0.5) is 13.2 Å². The molecule has 0 spiro atoms. The van der Waals surface area contributed by atoms with Gasteiger partial charge in [0, 0.05) is 10.6 Å². The van der Waals surface area contributed by atoms with E-state index in [0.29, 0.717) is 10.6 Å². The molecule has 1 aromatic heterocycles. The van der Waals surface area contributed by atoms with Gasteiger partial charge in [-0.25, -0.2) is 9.78 Å². The first kappa shape index (κ1) is 16.1. The molecule has 0 fully saturated rings. The van der Waals surface area contributed by atoms with Gasteiger partial charge >= 0.3 is 12.1 Å². The monoisotopic (exact) mass is 331 g/mol. The van der Waals surface area contributed by atoms with E-state index in [1.807, 2.05) is 0 Å². The molecule has 0 amide bonds. The Bertz CT molecular complexity index is 687. The van der Waals surface area contributed by atoms with E-state index in [9.17, 15) is 18.0 Å². The van der Waals surface area contributed by atoms with Gasteiger partial charge in [-0.1, -0.05) is 23.7 Å². The lowest BCUT2D eigenvalue weighted by atomic mass is 10.1. The molecule has 1 heterocycles. The van der Waals surface area contributed by atoms with Crippen molar-refractivity contribution in [3.05, 3.63) is 47.1 Å². The third-order valence-corrected chi connectivity index (χ3v) is 2.84. The van der Waals surface area contributed by atoms with E-state index in [1.165, 1.54) is 24.3 Å². The van der Waals surface area contributed by atoms with Gasteiger partial charge in [0.2, 0.25) is 0 Å². The van der Waals surface area contributed by atoms with Crippen LogP contribution in [0, 0.1) is 0 Å². The highest BCUT2D eigenvalue weighted by Crippen LogP contribution is 2.30. The molecule has 116 valence electrons. The molecule has 1 aromatic carbocycles. The van der Waals surface area contributed by atoms with Crippen molar-refractivity contribution in [2.24, 2.45) is 0 Å². The maximum Gasteiger partial charge on any atom is 0.422 e. The number of nitrogens with zero attached hydrogens (tertiary/aromatic N) is 1. The van der Waals surface area contributed by atoms with Crippen LogP contribution in [0.15, 0.2) is 36.4 Å². The number of carboxylic acids is 1. The van der Waals surface area contributed by atoms with Crippen LogP contribution in [-0.2, 0) is 0 Å². The molecular formula is C14H9ClF3NO3. The largest absolute Gasteiger partial charge is 0.482 e. The van der Waals surface area contributed by atoms with Crippen molar-refractivity contribution in [1.29, 1.82) is 0 Å². The van der Waals surface area contributed by atoms with Crippen LogP contribution in [-0.4, -0.2) is 28.8 Å². The van der Waals surface area contributed by atoms with Crippen LogP contribution in [0.1, 0.15) is 10.5 Å². The second kappa shape index (κ2) is 6.23. The van der Waals surface area contributed by atoms with E-state index in [-0.39, 0.29) is 17.1 Å². The van der Waals surface area contributed by atoms with Crippen LogP contribution in [0.5, 0.6) is 5.75 Å². The molecule has 1 N–H and O–H groups in total. The van der Waals surface area contributed by atoms with Crippen molar-refractivity contribution >= 4 is 17.6 Å². The molecule has 2 aromatic rings. The minimum absolute atomic E-state index is 0.000756. The molecule has 0 unspecified atom stereocenters. The second-order valence-corrected chi connectivity index (χ2v) is 4.70. The fourth-order valence-corrected chi connectivity index (χ4v) is 1.78. The summed E-state index contributed by atoms with van der Waals surface area (Å²) in [5.41, 5.74) is 0.0924. The van der Waals surface area contributed by atoms with Gasteiger partial charge in [-0.2, -0.15) is 13.2 Å². The van der Waals surface area contributed by atoms with E-state index in [0.717, 1.165) is 12.1 Å². The fraction of sp³-hybridized carbons (Fsp3) is 0.143. The van der Waals surface area contributed by atoms with Crippen LogP contribution >= 0.6 is 11.6 Å². The first-order valence-corrected chi connectivity index (χ1v) is 6.34. The molecule has 22 heavy (non-hydrogen) atoms. The zero-order chi connectivity index (χ0) is 16.3. The second-order valence-electron chi connectivity index (χ2n) is 4.26. The topological polar surface area (TPSA) is 59.4 Å². The molecule has 0 saturated carbocycles. The van der Waals surface area contributed by atoms with E-state index < -0.39 is 18.8 Å². The standard InChI is InChI=1S/C14H9ClF3NO3/c15-9-3-1-8(2-4-9)12-11(22-7-14(16,17)18)6-5-10(19-12)13(20)21/h1-6H,7H2,(H,20,21). The predicted octanol–water partition coefficient (Wildman–Crippen LogP) is 4.04. The highest BCUT2D eigenvalue weighted by Gasteiger charge is 2.29. The number of carbonyl (C=O) groups is 1. The average Bonchev–Trinajstić information content (AvgIpc) is 2.45. The van der Waals surface area contributed by atoms with Gasteiger partial charge in [0.25, 0.3) is 0 Å². The summed E-state index contributed by atoms with van der Waals surface area (Å²) in [5.74, 6) is -1.46. The lowest BCUT2D eigenvalue weighted by molar-refractivity contribution is -0.153. The molecule has 0 aliphatic heterocycles. The number of benzene rings is 1. The van der Waals surface area contributed by atoms with E-state index in [2.05, 4.69) is 4.98 Å². The minimum atomic E-state index is -4.51. The molecule has 0 bridgehead atoms. The lowest BCUT2D eigenvalue weighted by Gasteiger charge is -2.13. The summed E-state index contributed by atoms with van der Waals surface area (Å²) in [4.78, 5) is 14.8. The Labute approximate surface area is 128 Å². The summed E-state index contributed by atoms with van der Waals surface area (Å²) in [7, 11) is 0. The molecule has 0 radical (unpaired) electrons. The van der Waals surface area contributed by atoms with E-state index >= 15 is 0 Å². The Hall–Kier alpha value is -2.28. The minimum Gasteiger partial charge on any atom is -0.482 e. The number of pyridine rings is 1. The lowest BCUT2D eigenvalue weighted by Crippen LogP contribution is -2.19. The van der Waals surface area contributed by atoms with E-state index in [4.69, 9.17) is 21.4 Å². The molecule has 4 nitrogen and oxygen atoms in total. The number of hydrogen-bond acceptors (Lipinski definition) is 3. The first-order valence-electron chi connectivity index (χ1n) is 5.96. The molecule has 0 aliphatic carbocycles. The molecule has 0 atom stereocenters. The summed E-state index contributed by atoms with van der Waals surface area (Å²) in [6.07, 6.45) is -4.51. The molecule has 8 heteroatoms. The number of rotatable bonds is 4. The van der Waals surface area contributed by atoms with Gasteiger partial charge in [0.15, 0.2) is 6.61 Å². The third kappa shape index (κ3) is 4.11. The van der Waals surface area contributed by atoms with Crippen LogP contribution in [0.25, 0.3) is 11.3 Å². The molecular weight excluding hydrogens is 323 g/mol. The summed E-state index contributed by atoms with van der Waals surface area (Å²) in [5, 5.41) is 9.37. The van der Waals surface area contributed by atoms with Gasteiger partial charge in [-0.05, 0) is 24.3 Å². The van der Waals surface area contributed by atoms with Crippen molar-refractivity contribution in [3.8, 4) is 17.0 Å². The Kier molecular flexibility index (Phi) is 4.56. The maximum atomic E-state index is 12.3. The number of carboxylic acid groups (broad SMARTS) is 1. The van der Waals surface area contributed by atoms with Crippen LogP contribution < -0.4 is 4.74 Å². The fourth-order valence-electron chi connectivity index (χ4n) is 1.66. The normalized spacial score (nSPS) is 11.3. The average molecular weight is 332 g/mol. The van der Waals surface area contributed by atoms with Crippen molar-refractivity contribution in [3.63, 3.8) is 0 Å². The van der Waals surface area contributed by atoms with Gasteiger partial charge in [0.05, 0.1) is 0 Å². The number of halogens is 4. The highest BCUT2D eigenvalue weighted by molar-refractivity contribution is 6.30. The zero-order valence-corrected chi connectivity index (χ0v) is 11.6. The van der Waals surface area contributed by atoms with E-state index in [1.54, 1.807) is 0 Å². The molecule has 2 rings (SSSR count). The number of aromatic carboxylic acids is 1. The van der Waals surface area contributed by atoms with Gasteiger partial charge in [0.1, 0.15) is 17.1 Å². The third-order valence-electron chi connectivity index (χ3n) is 2.59. The van der Waals surface area contributed by atoms with Gasteiger partial charge in [-0.15, -0.1) is 0 Å². The van der Waals surface area contributed by atoms with Crippen LogP contribution in [0.2, 0.25) is 5.02 Å². The Morgan fingerprint density at radius 2 is 1.82 bits per heavy atom. The quantitative estimate of drug-likeness (QED) is 0.918. The van der Waals surface area contributed by atoms with Gasteiger partial charge in [-0.3, -0.25) is 0 Å². The Morgan fingerprint density at radius 1 is 1.18 bits per heavy atom. The zero-order valence-electron chi connectivity index (χ0n) is 10.9. The highest BCUT2D eigenvalue weighted by atomic mass is 35.5. The van der Waals surface area contributed by atoms with Crippen molar-refractivity contribution in [1.82, 2.24) is 4.98 Å². The van der Waals surface area contributed by atoms with Crippen LogP contribution in [0.3, 0.4) is 0 Å². The summed E-state index contributed by atoms with van der Waals surface area (Å²) < 4.78 is 41.5. The summed E-state index contributed by atoms with van der Waals surface area (Å²) in [6.45, 7) is -1.50. The van der Waals surface area contributed by atoms with Gasteiger partial charge < -0.3 is 9.84 Å². The number of hydrogen-bond donors (Lipinski definition) is 1. The maximum absolute atomic E-state index is 12.3. The van der Waals surface area contributed by atoms with Crippen molar-refractivity contribution in [2.45, 2.75) is 6.18 Å². The summed E-state index contributed by atoms with van der Waals surface area (Å²) in [6, 6.07) is 8.27. The molecule has 0 saturated heterocycles. The first-order chi connectivity index (χ1) is 10.3. The Morgan fingerprint density at radius 3 is 2.36 bits per heavy atom. The Balaban J connectivity index is 2.44. The number of ether oxygens (including phenoxy) is 1. The smallest absolute Gasteiger partial charge is 0.422 e. The predicted molar refractivity (Wildman–Crippen MR) is 73.2 cm³/mol. The van der Waals surface area contributed by atoms with Crippen molar-refractivity contribution < 1.29 is 27.8 Å². The summed E-state index contributed by atoms with van der Waals surface area (Å²) >= 11 is 5.75. The number of aromatic nitrogens is 1. The number of alkyl halides is 3. The SMILES string of the molecule is O=C(O)c1ccc(OCC(F)(F)F)c(-c2ccc(Cl)cc2)n1. The molecule has 0 aliphatic rings.